The molecule has 1 unspecified atom stereocenters. The molecule has 0 bridgehead atoms. The molecule has 5 nitrogen and oxygen atoms in total. The second kappa shape index (κ2) is 6.65. The summed E-state index contributed by atoms with van der Waals surface area (Å²) in [6.45, 7) is 0. The molecule has 5 rings (SSSR count). The molecule has 0 radical (unpaired) electrons. The first-order chi connectivity index (χ1) is 13.3. The van der Waals surface area contributed by atoms with Gasteiger partial charge in [-0.3, -0.25) is 5.32 Å². The van der Waals surface area contributed by atoms with Gasteiger partial charge < -0.3 is 4.42 Å². The molecule has 2 aromatic heterocycles. The van der Waals surface area contributed by atoms with E-state index in [0.29, 0.717) is 12.3 Å². The van der Waals surface area contributed by atoms with E-state index in [0.717, 1.165) is 41.4 Å². The Kier molecular flexibility index (Phi) is 4.00. The molecule has 1 N–H and O–H groups in total. The van der Waals surface area contributed by atoms with Gasteiger partial charge in [0, 0.05) is 11.5 Å². The maximum absolute atomic E-state index is 13.1. The van der Waals surface area contributed by atoms with Gasteiger partial charge in [-0.15, -0.1) is 0 Å². The highest BCUT2D eigenvalue weighted by Gasteiger charge is 2.43. The van der Waals surface area contributed by atoms with Gasteiger partial charge >= 0.3 is 11.7 Å². The maximum atomic E-state index is 13.1. The Morgan fingerprint density at radius 1 is 1.11 bits per heavy atom. The van der Waals surface area contributed by atoms with Crippen molar-refractivity contribution in [2.75, 3.05) is 5.32 Å². The molecule has 5 heteroatoms. The van der Waals surface area contributed by atoms with Gasteiger partial charge in [-0.25, -0.2) is 9.78 Å². The first-order valence-corrected chi connectivity index (χ1v) is 9.65. The molecule has 1 fully saturated rings. The average Bonchev–Trinajstić information content (AvgIpc) is 3.46. The lowest BCUT2D eigenvalue weighted by Crippen LogP contribution is -2.44. The fourth-order valence-corrected chi connectivity index (χ4v) is 4.23. The first-order valence-electron chi connectivity index (χ1n) is 9.65. The largest absolute Gasteiger partial charge is 0.469 e. The molecule has 1 aromatic carbocycles. The van der Waals surface area contributed by atoms with Crippen LogP contribution in [0.5, 0.6) is 0 Å². The summed E-state index contributed by atoms with van der Waals surface area (Å²) in [5, 5.41) is 3.44. The van der Waals surface area contributed by atoms with Crippen LogP contribution >= 0.6 is 0 Å². The summed E-state index contributed by atoms with van der Waals surface area (Å²) < 4.78 is 7.22. The van der Waals surface area contributed by atoms with Gasteiger partial charge in [0.25, 0.3) is 0 Å². The lowest BCUT2D eigenvalue weighted by Gasteiger charge is -2.11. The van der Waals surface area contributed by atoms with Crippen LogP contribution in [-0.2, 0) is 6.42 Å². The number of nitrogens with zero attached hydrogens (tertiary/aromatic N) is 2. The predicted octanol–water partition coefficient (Wildman–Crippen LogP) is 3.96. The van der Waals surface area contributed by atoms with Crippen LogP contribution in [0.2, 0.25) is 0 Å². The fourth-order valence-electron chi connectivity index (χ4n) is 4.23. The number of rotatable bonds is 4. The minimum Gasteiger partial charge on any atom is -0.469 e. The topological polar surface area (TPSA) is 59.0 Å². The number of benzene rings is 1. The Balaban J connectivity index is 1.57. The number of furan rings is 1. The van der Waals surface area contributed by atoms with Crippen LogP contribution < -0.4 is 9.88 Å². The zero-order valence-corrected chi connectivity index (χ0v) is 15.1. The molecule has 136 valence electrons. The van der Waals surface area contributed by atoms with E-state index in [2.05, 4.69) is 5.32 Å². The standard InChI is InChI=1S/C22H21N3O2/c26-22-18(13-17-11-6-12-27-17)24-21-20(16-9-4-5-10-16)23-19(14-25(21)22)15-7-2-1-3-8-15/h1-3,6-8,11-12,14,16,18H,4-5,9-10,13H2/p+1. The van der Waals surface area contributed by atoms with Gasteiger partial charge in [0.15, 0.2) is 0 Å². The minimum absolute atomic E-state index is 0.0558. The van der Waals surface area contributed by atoms with Gasteiger partial charge in [-0.05, 0) is 25.0 Å². The van der Waals surface area contributed by atoms with Crippen molar-refractivity contribution in [3.05, 3.63) is 66.4 Å². The van der Waals surface area contributed by atoms with Crippen LogP contribution in [0.1, 0.15) is 47.8 Å². The maximum Gasteiger partial charge on any atom is 0.359 e. The van der Waals surface area contributed by atoms with Crippen LogP contribution in [0, 0.1) is 0 Å². The van der Waals surface area contributed by atoms with E-state index in [4.69, 9.17) is 9.40 Å². The Labute approximate surface area is 158 Å². The monoisotopic (exact) mass is 360 g/mol. The molecular weight excluding hydrogens is 338 g/mol. The molecule has 0 spiro atoms. The number of nitrogens with one attached hydrogen (secondary N) is 1. The number of fused-ring (bicyclic) bond motifs is 1. The van der Waals surface area contributed by atoms with E-state index in [-0.39, 0.29) is 11.9 Å². The number of anilines is 1. The lowest BCUT2D eigenvalue weighted by atomic mass is 10.0. The molecular formula is C22H22N3O2+. The van der Waals surface area contributed by atoms with Crippen molar-refractivity contribution in [1.29, 1.82) is 0 Å². The number of carbonyl (C=O) groups excluding carboxylic acids is 1. The summed E-state index contributed by atoms with van der Waals surface area (Å²) >= 11 is 0. The van der Waals surface area contributed by atoms with E-state index < -0.39 is 0 Å². The highest BCUT2D eigenvalue weighted by Crippen LogP contribution is 2.37. The van der Waals surface area contributed by atoms with E-state index in [1.165, 1.54) is 12.8 Å². The molecule has 0 saturated heterocycles. The molecule has 3 heterocycles. The van der Waals surface area contributed by atoms with Crippen molar-refractivity contribution in [2.24, 2.45) is 0 Å². The van der Waals surface area contributed by atoms with Gasteiger partial charge in [-0.2, -0.15) is 4.57 Å². The molecule has 1 aliphatic carbocycles. The lowest BCUT2D eigenvalue weighted by molar-refractivity contribution is -0.552. The highest BCUT2D eigenvalue weighted by atomic mass is 16.3. The number of hydrogen-bond donors (Lipinski definition) is 1. The normalized spacial score (nSPS) is 19.3. The van der Waals surface area contributed by atoms with Gasteiger partial charge in [0.2, 0.25) is 6.04 Å². The quantitative estimate of drug-likeness (QED) is 0.716. The third kappa shape index (κ3) is 2.93. The Hall–Kier alpha value is -2.95. The van der Waals surface area contributed by atoms with Crippen molar-refractivity contribution in [3.63, 3.8) is 0 Å². The second-order valence-corrected chi connectivity index (χ2v) is 7.40. The Morgan fingerprint density at radius 3 is 2.67 bits per heavy atom. The molecule has 1 aliphatic heterocycles. The predicted molar refractivity (Wildman–Crippen MR) is 102 cm³/mol. The SMILES string of the molecule is O=C1C(Cc2ccco2)Nc2c(C3CCCC3)nc(-c3ccccc3)c[n+]21. The molecule has 27 heavy (non-hydrogen) atoms. The fraction of sp³-hybridized carbons (Fsp3) is 0.318. The van der Waals surface area contributed by atoms with Crippen molar-refractivity contribution < 1.29 is 13.8 Å². The number of aromatic nitrogens is 2. The van der Waals surface area contributed by atoms with Crippen LogP contribution in [0.15, 0.2) is 59.3 Å². The van der Waals surface area contributed by atoms with Crippen molar-refractivity contribution in [2.45, 2.75) is 44.1 Å². The van der Waals surface area contributed by atoms with Crippen molar-refractivity contribution in [3.8, 4) is 11.3 Å². The Bertz CT molecular complexity index is 961. The summed E-state index contributed by atoms with van der Waals surface area (Å²) in [6.07, 6.45) is 8.79. The second-order valence-electron chi connectivity index (χ2n) is 7.40. The van der Waals surface area contributed by atoms with E-state index >= 15 is 0 Å². The van der Waals surface area contributed by atoms with Crippen molar-refractivity contribution in [1.82, 2.24) is 4.98 Å². The van der Waals surface area contributed by atoms with Crippen LogP contribution in [0.25, 0.3) is 11.3 Å². The molecule has 0 amide bonds. The zero-order chi connectivity index (χ0) is 18.2. The summed E-state index contributed by atoms with van der Waals surface area (Å²) in [4.78, 5) is 18.1. The summed E-state index contributed by atoms with van der Waals surface area (Å²) in [7, 11) is 0. The van der Waals surface area contributed by atoms with Crippen LogP contribution in [-0.4, -0.2) is 16.9 Å². The molecule has 1 saturated carbocycles. The first kappa shape index (κ1) is 16.2. The third-order valence-corrected chi connectivity index (χ3v) is 5.62. The van der Waals surface area contributed by atoms with E-state index in [1.54, 1.807) is 10.8 Å². The summed E-state index contributed by atoms with van der Waals surface area (Å²) in [5.41, 5.74) is 2.92. The smallest absolute Gasteiger partial charge is 0.359 e. The van der Waals surface area contributed by atoms with Crippen LogP contribution in [0.4, 0.5) is 5.82 Å². The Morgan fingerprint density at radius 2 is 1.93 bits per heavy atom. The minimum atomic E-state index is -0.316. The molecule has 2 aliphatic rings. The molecule has 1 atom stereocenters. The van der Waals surface area contributed by atoms with E-state index in [9.17, 15) is 4.79 Å². The summed E-state index contributed by atoms with van der Waals surface area (Å²) in [6, 6.07) is 13.5. The highest BCUT2D eigenvalue weighted by molar-refractivity contribution is 5.82. The zero-order valence-electron chi connectivity index (χ0n) is 15.1. The van der Waals surface area contributed by atoms with Gasteiger partial charge in [0.1, 0.15) is 23.3 Å². The average molecular weight is 360 g/mol. The van der Waals surface area contributed by atoms with Gasteiger partial charge in [-0.1, -0.05) is 43.2 Å². The summed E-state index contributed by atoms with van der Waals surface area (Å²) in [5.74, 6) is 2.15. The number of carbonyl (C=O) groups is 1. The molecule has 3 aromatic rings. The van der Waals surface area contributed by atoms with Crippen LogP contribution in [0.3, 0.4) is 0 Å². The van der Waals surface area contributed by atoms with E-state index in [1.807, 2.05) is 48.7 Å². The van der Waals surface area contributed by atoms with Gasteiger partial charge in [0.05, 0.1) is 12.7 Å². The third-order valence-electron chi connectivity index (χ3n) is 5.62. The van der Waals surface area contributed by atoms with Crippen molar-refractivity contribution >= 4 is 11.7 Å². The number of hydrogen-bond acceptors (Lipinski definition) is 4.